The van der Waals surface area contributed by atoms with Gasteiger partial charge in [0.1, 0.15) is 18.0 Å². The lowest BCUT2D eigenvalue weighted by atomic mass is 9.96. The van der Waals surface area contributed by atoms with Gasteiger partial charge < -0.3 is 19.7 Å². The van der Waals surface area contributed by atoms with Crippen molar-refractivity contribution in [3.05, 3.63) is 47.7 Å². The van der Waals surface area contributed by atoms with Crippen molar-refractivity contribution in [2.24, 2.45) is 11.8 Å². The minimum Gasteiger partial charge on any atom is -0.447 e. The molecule has 1 aliphatic carbocycles. The normalized spacial score (nSPS) is 21.3. The smallest absolute Gasteiger partial charge is 0.415 e. The average molecular weight is 579 g/mol. The monoisotopic (exact) mass is 578 g/mol. The second-order valence-corrected chi connectivity index (χ2v) is 13.2. The number of carbonyl (C=O) groups is 2. The molecule has 0 bridgehead atoms. The third kappa shape index (κ3) is 7.32. The van der Waals surface area contributed by atoms with Gasteiger partial charge in [0, 0.05) is 38.4 Å². The second kappa shape index (κ2) is 12.5. The number of benzene rings is 1. The molecule has 1 aromatic heterocycles. The minimum absolute atomic E-state index is 0.0278. The first-order chi connectivity index (χ1) is 20.0. The maximum absolute atomic E-state index is 12.6. The number of hydrogen-bond donors (Lipinski definition) is 1. The molecule has 1 saturated carbocycles. The molecular weight excluding hydrogens is 532 g/mol. The van der Waals surface area contributed by atoms with Crippen LogP contribution in [-0.2, 0) is 9.47 Å². The van der Waals surface area contributed by atoms with Crippen LogP contribution in [-0.4, -0.2) is 76.4 Å². The fourth-order valence-corrected chi connectivity index (χ4v) is 5.73. The van der Waals surface area contributed by atoms with Crippen molar-refractivity contribution in [1.82, 2.24) is 19.8 Å². The summed E-state index contributed by atoms with van der Waals surface area (Å²) in [7, 11) is 0. The third-order valence-corrected chi connectivity index (χ3v) is 8.39. The van der Waals surface area contributed by atoms with E-state index in [2.05, 4.69) is 65.2 Å². The largest absolute Gasteiger partial charge is 0.447 e. The molecule has 2 amide bonds. The van der Waals surface area contributed by atoms with Crippen LogP contribution in [0, 0.1) is 11.8 Å². The topological polar surface area (TPSA) is 100 Å². The van der Waals surface area contributed by atoms with E-state index in [1.54, 1.807) is 17.2 Å². The molecule has 0 spiro atoms. The highest BCUT2D eigenvalue weighted by Gasteiger charge is 2.37. The molecule has 2 aliphatic heterocycles. The molecule has 0 radical (unpaired) electrons. The Morgan fingerprint density at radius 1 is 1.05 bits per heavy atom. The molecular formula is C32H46N6O4. The van der Waals surface area contributed by atoms with E-state index in [9.17, 15) is 9.59 Å². The quantitative estimate of drug-likeness (QED) is 0.385. The van der Waals surface area contributed by atoms with Gasteiger partial charge in [-0.3, -0.25) is 9.80 Å². The number of carbonyl (C=O) groups excluding carboxylic acids is 2. The number of cyclic esters (lactones) is 1. The highest BCUT2D eigenvalue weighted by molar-refractivity contribution is 5.89. The van der Waals surface area contributed by atoms with Gasteiger partial charge >= 0.3 is 12.2 Å². The van der Waals surface area contributed by atoms with Crippen LogP contribution in [0.15, 0.2) is 36.5 Å². The van der Waals surface area contributed by atoms with Crippen LogP contribution in [0.5, 0.6) is 0 Å². The molecule has 2 saturated heterocycles. The Bertz CT molecular complexity index is 1230. The number of aromatic nitrogens is 2. The van der Waals surface area contributed by atoms with Gasteiger partial charge in [-0.25, -0.2) is 14.6 Å². The predicted octanol–water partition coefficient (Wildman–Crippen LogP) is 6.02. The zero-order valence-electron chi connectivity index (χ0n) is 25.9. The van der Waals surface area contributed by atoms with Gasteiger partial charge in [0.25, 0.3) is 0 Å². The molecule has 1 N–H and O–H groups in total. The van der Waals surface area contributed by atoms with E-state index in [0.29, 0.717) is 37.5 Å². The van der Waals surface area contributed by atoms with E-state index in [1.165, 1.54) is 18.4 Å². The molecule has 2 aromatic rings. The summed E-state index contributed by atoms with van der Waals surface area (Å²) in [6.45, 7) is 15.4. The molecule has 3 atom stereocenters. The Morgan fingerprint density at radius 2 is 1.71 bits per heavy atom. The molecule has 5 rings (SSSR count). The number of nitrogens with zero attached hydrogens (tertiary/aromatic N) is 5. The summed E-state index contributed by atoms with van der Waals surface area (Å²) in [6, 6.07) is 10.9. The highest BCUT2D eigenvalue weighted by Crippen LogP contribution is 2.40. The number of amides is 2. The Labute approximate surface area is 249 Å². The van der Waals surface area contributed by atoms with Crippen molar-refractivity contribution >= 4 is 24.0 Å². The Kier molecular flexibility index (Phi) is 8.92. The average Bonchev–Trinajstić information content (AvgIpc) is 3.69. The third-order valence-electron chi connectivity index (χ3n) is 8.39. The number of nitrogens with one attached hydrogen (secondary N) is 1. The summed E-state index contributed by atoms with van der Waals surface area (Å²) in [6.07, 6.45) is 4.85. The first kappa shape index (κ1) is 30.1. The number of anilines is 2. The number of ether oxygens (including phenoxy) is 2. The first-order valence-corrected chi connectivity index (χ1v) is 15.4. The molecule has 1 aromatic carbocycles. The molecule has 3 heterocycles. The van der Waals surface area contributed by atoms with Crippen LogP contribution in [0.25, 0.3) is 0 Å². The molecule has 1 unspecified atom stereocenters. The summed E-state index contributed by atoms with van der Waals surface area (Å²) in [5, 5.41) is 3.41. The summed E-state index contributed by atoms with van der Waals surface area (Å²) in [5.41, 5.74) is 1.96. The molecule has 3 fully saturated rings. The van der Waals surface area contributed by atoms with Crippen molar-refractivity contribution in [3.63, 3.8) is 0 Å². The van der Waals surface area contributed by atoms with E-state index < -0.39 is 5.60 Å². The van der Waals surface area contributed by atoms with Crippen molar-refractivity contribution < 1.29 is 19.1 Å². The maximum atomic E-state index is 12.6. The van der Waals surface area contributed by atoms with Gasteiger partial charge in [-0.05, 0) is 63.1 Å². The van der Waals surface area contributed by atoms with Gasteiger partial charge in [-0.2, -0.15) is 4.98 Å². The predicted molar refractivity (Wildman–Crippen MR) is 162 cm³/mol. The van der Waals surface area contributed by atoms with E-state index in [-0.39, 0.29) is 30.2 Å². The minimum atomic E-state index is -0.482. The lowest BCUT2D eigenvalue weighted by Gasteiger charge is -2.40. The summed E-state index contributed by atoms with van der Waals surface area (Å²) < 4.78 is 10.9. The second-order valence-electron chi connectivity index (χ2n) is 13.2. The summed E-state index contributed by atoms with van der Waals surface area (Å²) in [4.78, 5) is 40.0. The Balaban J connectivity index is 1.23. The molecule has 228 valence electrons. The van der Waals surface area contributed by atoms with Crippen LogP contribution in [0.3, 0.4) is 0 Å². The van der Waals surface area contributed by atoms with Crippen molar-refractivity contribution in [1.29, 1.82) is 0 Å². The molecule has 10 nitrogen and oxygen atoms in total. The molecule has 42 heavy (non-hydrogen) atoms. The Hall–Kier alpha value is -3.40. The zero-order chi connectivity index (χ0) is 30.0. The summed E-state index contributed by atoms with van der Waals surface area (Å²) >= 11 is 0. The van der Waals surface area contributed by atoms with E-state index >= 15 is 0 Å². The number of piperazine rings is 1. The van der Waals surface area contributed by atoms with E-state index in [4.69, 9.17) is 9.47 Å². The van der Waals surface area contributed by atoms with Crippen LogP contribution in [0.4, 0.5) is 21.4 Å². The van der Waals surface area contributed by atoms with Crippen LogP contribution in [0.2, 0.25) is 0 Å². The maximum Gasteiger partial charge on any atom is 0.415 e. The van der Waals surface area contributed by atoms with Crippen molar-refractivity contribution in [3.8, 4) is 0 Å². The zero-order valence-corrected chi connectivity index (χ0v) is 25.9. The lowest BCUT2D eigenvalue weighted by Crippen LogP contribution is -2.50. The van der Waals surface area contributed by atoms with Crippen molar-refractivity contribution in [2.75, 3.05) is 43.0 Å². The summed E-state index contributed by atoms with van der Waals surface area (Å²) in [5.74, 6) is 2.05. The van der Waals surface area contributed by atoms with E-state index in [0.717, 1.165) is 31.0 Å². The Morgan fingerprint density at radius 3 is 2.33 bits per heavy atom. The van der Waals surface area contributed by atoms with Crippen molar-refractivity contribution in [2.45, 2.75) is 84.5 Å². The lowest BCUT2D eigenvalue weighted by molar-refractivity contribution is 0.00941. The van der Waals surface area contributed by atoms with Gasteiger partial charge in [-0.1, -0.05) is 51.0 Å². The fraction of sp³-hybridized carbons (Fsp3) is 0.625. The standard InChI is InChI=1S/C32H46N6O4/c1-21(2)27-20-41-31(40)38(27)28-13-14-33-29(35-28)34-22(3)24-9-11-25(12-10-24)26(19-23-7-8-23)36-15-17-37(18-16-36)30(39)42-32(4,5)6/h9-14,21-23,26-27H,7-8,15-20H2,1-6H3,(H,33,34,35)/t22-,26?,27+/m0/s1. The van der Waals surface area contributed by atoms with E-state index in [1.807, 2.05) is 25.7 Å². The van der Waals surface area contributed by atoms with Gasteiger partial charge in [-0.15, -0.1) is 0 Å². The highest BCUT2D eigenvalue weighted by atomic mass is 16.6. The molecule has 3 aliphatic rings. The van der Waals surface area contributed by atoms with Crippen LogP contribution >= 0.6 is 0 Å². The first-order valence-electron chi connectivity index (χ1n) is 15.4. The van der Waals surface area contributed by atoms with Gasteiger partial charge in [0.05, 0.1) is 12.1 Å². The SMILES string of the molecule is CC(C)[C@H]1COC(=O)N1c1ccnc(N[C@@H](C)c2ccc(C(CC3CC3)N3CCN(C(=O)OC(C)(C)C)CC3)cc2)n1. The fourth-order valence-electron chi connectivity index (χ4n) is 5.73. The number of hydrogen-bond acceptors (Lipinski definition) is 8. The molecule has 10 heteroatoms. The van der Waals surface area contributed by atoms with Crippen LogP contribution < -0.4 is 10.2 Å². The van der Waals surface area contributed by atoms with Crippen LogP contribution in [0.1, 0.15) is 84.0 Å². The van der Waals surface area contributed by atoms with Gasteiger partial charge in [0.2, 0.25) is 5.95 Å². The van der Waals surface area contributed by atoms with Gasteiger partial charge in [0.15, 0.2) is 0 Å². The number of rotatable bonds is 9.